The van der Waals surface area contributed by atoms with Crippen molar-refractivity contribution in [1.29, 1.82) is 0 Å². The van der Waals surface area contributed by atoms with Gasteiger partial charge in [-0.15, -0.1) is 0 Å². The Morgan fingerprint density at radius 2 is 1.85 bits per heavy atom. The summed E-state index contributed by atoms with van der Waals surface area (Å²) >= 11 is 0. The van der Waals surface area contributed by atoms with E-state index >= 15 is 0 Å². The second-order valence-electron chi connectivity index (χ2n) is 6.64. The quantitative estimate of drug-likeness (QED) is 0.897. The molecule has 2 aliphatic rings. The molecule has 0 aliphatic heterocycles. The molecule has 2 heteroatoms. The second-order valence-corrected chi connectivity index (χ2v) is 6.64. The molecule has 2 unspecified atom stereocenters. The molecule has 1 aromatic carbocycles. The Bertz CT molecular complexity index is 433. The van der Waals surface area contributed by atoms with Gasteiger partial charge >= 0.3 is 0 Å². The summed E-state index contributed by atoms with van der Waals surface area (Å²) in [5.74, 6) is 1.02. The highest BCUT2D eigenvalue weighted by atomic mass is 16.5. The summed E-state index contributed by atoms with van der Waals surface area (Å²) in [6.45, 7) is 2.22. The van der Waals surface area contributed by atoms with Gasteiger partial charge in [0, 0.05) is 17.9 Å². The van der Waals surface area contributed by atoms with Gasteiger partial charge in [0.2, 0.25) is 0 Å². The molecule has 0 bridgehead atoms. The van der Waals surface area contributed by atoms with Crippen LogP contribution in [0.5, 0.6) is 5.75 Å². The normalized spacial score (nSPS) is 28.1. The van der Waals surface area contributed by atoms with Crippen molar-refractivity contribution in [2.24, 2.45) is 11.1 Å². The molecule has 3 rings (SSSR count). The van der Waals surface area contributed by atoms with Crippen molar-refractivity contribution in [3.8, 4) is 5.75 Å². The van der Waals surface area contributed by atoms with Gasteiger partial charge < -0.3 is 10.5 Å². The van der Waals surface area contributed by atoms with Gasteiger partial charge in [-0.1, -0.05) is 44.7 Å². The zero-order chi connectivity index (χ0) is 14.0. The van der Waals surface area contributed by atoms with Gasteiger partial charge in [-0.05, 0) is 37.0 Å². The Kier molecular flexibility index (Phi) is 4.02. The largest absolute Gasteiger partial charge is 0.490 e. The molecule has 0 radical (unpaired) electrons. The predicted molar refractivity (Wildman–Crippen MR) is 83.0 cm³/mol. The van der Waals surface area contributed by atoms with Crippen LogP contribution in [0.2, 0.25) is 0 Å². The van der Waals surface area contributed by atoms with Gasteiger partial charge in [-0.2, -0.15) is 0 Å². The Balaban J connectivity index is 1.65. The first-order valence-corrected chi connectivity index (χ1v) is 8.26. The smallest absolute Gasteiger partial charge is 0.119 e. The van der Waals surface area contributed by atoms with Gasteiger partial charge in [0.25, 0.3) is 0 Å². The third-order valence-electron chi connectivity index (χ3n) is 5.37. The van der Waals surface area contributed by atoms with Crippen molar-refractivity contribution in [1.82, 2.24) is 0 Å². The van der Waals surface area contributed by atoms with Crippen LogP contribution in [-0.2, 0) is 6.42 Å². The number of aryl methyl sites for hydroxylation is 1. The van der Waals surface area contributed by atoms with E-state index in [-0.39, 0.29) is 5.41 Å². The van der Waals surface area contributed by atoms with Gasteiger partial charge in [0.1, 0.15) is 11.9 Å². The molecular formula is C18H27NO. The maximum absolute atomic E-state index is 6.32. The zero-order valence-electron chi connectivity index (χ0n) is 12.6. The van der Waals surface area contributed by atoms with Crippen molar-refractivity contribution in [3.63, 3.8) is 0 Å². The summed E-state index contributed by atoms with van der Waals surface area (Å²) in [4.78, 5) is 0. The number of ether oxygens (including phenoxy) is 1. The van der Waals surface area contributed by atoms with Crippen LogP contribution in [0, 0.1) is 5.41 Å². The summed E-state index contributed by atoms with van der Waals surface area (Å²) < 4.78 is 6.27. The topological polar surface area (TPSA) is 35.2 Å². The predicted octanol–water partition coefficient (Wildman–Crippen LogP) is 4.07. The fraction of sp³-hybridized carbons (Fsp3) is 0.667. The van der Waals surface area contributed by atoms with E-state index < -0.39 is 0 Å². The standard InChI is InChI=1S/C18H27NO/c1-2-6-14-7-9-15(10-8-14)20-17-13-16(19)18(17)11-4-3-5-12-18/h7-10,16-17H,2-6,11-13,19H2,1H3. The van der Waals surface area contributed by atoms with Crippen LogP contribution in [0.25, 0.3) is 0 Å². The number of rotatable bonds is 4. The minimum atomic E-state index is 0.278. The highest BCUT2D eigenvalue weighted by Crippen LogP contribution is 2.52. The first-order valence-electron chi connectivity index (χ1n) is 8.26. The van der Waals surface area contributed by atoms with E-state index in [2.05, 4.69) is 31.2 Å². The third-order valence-corrected chi connectivity index (χ3v) is 5.37. The highest BCUT2D eigenvalue weighted by molar-refractivity contribution is 5.28. The number of nitrogens with two attached hydrogens (primary N) is 1. The fourth-order valence-electron chi connectivity index (χ4n) is 4.03. The SMILES string of the molecule is CCCc1ccc(OC2CC(N)C23CCCCC3)cc1. The second kappa shape index (κ2) is 5.77. The molecule has 110 valence electrons. The van der Waals surface area contributed by atoms with Gasteiger partial charge in [-0.25, -0.2) is 0 Å². The molecule has 2 N–H and O–H groups in total. The van der Waals surface area contributed by atoms with Crippen molar-refractivity contribution < 1.29 is 4.74 Å². The first-order chi connectivity index (χ1) is 9.74. The highest BCUT2D eigenvalue weighted by Gasteiger charge is 2.54. The molecule has 2 fully saturated rings. The molecular weight excluding hydrogens is 246 g/mol. The lowest BCUT2D eigenvalue weighted by Gasteiger charge is -2.56. The van der Waals surface area contributed by atoms with Crippen LogP contribution in [0.3, 0.4) is 0 Å². The van der Waals surface area contributed by atoms with Crippen molar-refractivity contribution in [2.75, 3.05) is 0 Å². The van der Waals surface area contributed by atoms with Crippen LogP contribution >= 0.6 is 0 Å². The average molecular weight is 273 g/mol. The Morgan fingerprint density at radius 1 is 1.15 bits per heavy atom. The Hall–Kier alpha value is -1.02. The Morgan fingerprint density at radius 3 is 2.45 bits per heavy atom. The molecule has 20 heavy (non-hydrogen) atoms. The first kappa shape index (κ1) is 13.9. The summed E-state index contributed by atoms with van der Waals surface area (Å²) in [5, 5.41) is 0. The molecule has 2 saturated carbocycles. The van der Waals surface area contributed by atoms with Crippen LogP contribution < -0.4 is 10.5 Å². The van der Waals surface area contributed by atoms with Crippen molar-refractivity contribution >= 4 is 0 Å². The molecule has 2 aliphatic carbocycles. The molecule has 2 nitrogen and oxygen atoms in total. The number of hydrogen-bond acceptors (Lipinski definition) is 2. The van der Waals surface area contributed by atoms with E-state index in [1.165, 1.54) is 44.1 Å². The van der Waals surface area contributed by atoms with Crippen molar-refractivity contribution in [3.05, 3.63) is 29.8 Å². The van der Waals surface area contributed by atoms with Gasteiger partial charge in [-0.3, -0.25) is 0 Å². The average Bonchev–Trinajstić information content (AvgIpc) is 2.50. The molecule has 1 spiro atoms. The molecule has 0 aromatic heterocycles. The van der Waals surface area contributed by atoms with Crippen LogP contribution in [0.4, 0.5) is 0 Å². The van der Waals surface area contributed by atoms with Crippen LogP contribution in [-0.4, -0.2) is 12.1 Å². The molecule has 0 heterocycles. The molecule has 0 amide bonds. The van der Waals surface area contributed by atoms with E-state index in [1.54, 1.807) is 0 Å². The summed E-state index contributed by atoms with van der Waals surface area (Å²) in [7, 11) is 0. The summed E-state index contributed by atoms with van der Waals surface area (Å²) in [5.41, 5.74) is 7.99. The molecule has 0 saturated heterocycles. The maximum Gasteiger partial charge on any atom is 0.119 e. The van der Waals surface area contributed by atoms with Crippen LogP contribution in [0.1, 0.15) is 57.4 Å². The van der Waals surface area contributed by atoms with E-state index in [9.17, 15) is 0 Å². The summed E-state index contributed by atoms with van der Waals surface area (Å²) in [6.07, 6.45) is 10.2. The number of benzene rings is 1. The zero-order valence-corrected chi connectivity index (χ0v) is 12.6. The van der Waals surface area contributed by atoms with E-state index in [0.29, 0.717) is 12.1 Å². The lowest BCUT2D eigenvalue weighted by Crippen LogP contribution is -2.64. The minimum Gasteiger partial charge on any atom is -0.490 e. The van der Waals surface area contributed by atoms with Crippen molar-refractivity contribution in [2.45, 2.75) is 70.4 Å². The van der Waals surface area contributed by atoms with E-state index in [0.717, 1.165) is 18.6 Å². The lowest BCUT2D eigenvalue weighted by molar-refractivity contribution is -0.0898. The lowest BCUT2D eigenvalue weighted by atomic mass is 9.55. The number of hydrogen-bond donors (Lipinski definition) is 1. The van der Waals surface area contributed by atoms with E-state index in [4.69, 9.17) is 10.5 Å². The van der Waals surface area contributed by atoms with E-state index in [1.807, 2.05) is 0 Å². The van der Waals surface area contributed by atoms with Crippen LogP contribution in [0.15, 0.2) is 24.3 Å². The minimum absolute atomic E-state index is 0.278. The van der Waals surface area contributed by atoms with Gasteiger partial charge in [0.15, 0.2) is 0 Å². The Labute approximate surface area is 122 Å². The van der Waals surface area contributed by atoms with Gasteiger partial charge in [0.05, 0.1) is 0 Å². The maximum atomic E-state index is 6.32. The monoisotopic (exact) mass is 273 g/mol. The molecule has 2 atom stereocenters. The summed E-state index contributed by atoms with van der Waals surface area (Å²) in [6, 6.07) is 9.01. The third kappa shape index (κ3) is 2.46. The molecule has 1 aromatic rings. The fourth-order valence-corrected chi connectivity index (χ4v) is 4.03.